The maximum absolute atomic E-state index is 11.2. The molecule has 70 valence electrons. The van der Waals surface area contributed by atoms with Gasteiger partial charge in [-0.05, 0) is 12.8 Å². The van der Waals surface area contributed by atoms with E-state index in [1.807, 2.05) is 6.92 Å². The zero-order chi connectivity index (χ0) is 9.56. The topological polar surface area (TPSA) is 54.4 Å². The third kappa shape index (κ3) is 4.88. The molecule has 0 amide bonds. The van der Waals surface area contributed by atoms with E-state index in [4.69, 9.17) is 5.11 Å². The molecule has 1 unspecified atom stereocenters. The molecule has 1 atom stereocenters. The zero-order valence-electron chi connectivity index (χ0n) is 7.67. The van der Waals surface area contributed by atoms with Crippen LogP contribution in [0, 0.1) is 5.92 Å². The normalized spacial score (nSPS) is 12.5. The molecule has 0 aromatic heterocycles. The third-order valence-corrected chi connectivity index (χ3v) is 1.84. The van der Waals surface area contributed by atoms with Gasteiger partial charge in [0.2, 0.25) is 0 Å². The van der Waals surface area contributed by atoms with Crippen molar-refractivity contribution in [2.24, 2.45) is 5.92 Å². The van der Waals surface area contributed by atoms with Crippen molar-refractivity contribution in [2.45, 2.75) is 39.5 Å². The van der Waals surface area contributed by atoms with Crippen LogP contribution in [0.15, 0.2) is 0 Å². The van der Waals surface area contributed by atoms with Crippen molar-refractivity contribution in [3.05, 3.63) is 0 Å². The average molecular weight is 172 g/mol. The van der Waals surface area contributed by atoms with Crippen LogP contribution in [0.2, 0.25) is 0 Å². The maximum atomic E-state index is 11.2. The fourth-order valence-corrected chi connectivity index (χ4v) is 0.994. The van der Waals surface area contributed by atoms with Gasteiger partial charge in [-0.3, -0.25) is 9.59 Å². The van der Waals surface area contributed by atoms with E-state index in [1.54, 1.807) is 6.92 Å². The number of carboxylic acid groups (broad SMARTS) is 1. The van der Waals surface area contributed by atoms with E-state index >= 15 is 0 Å². The molecule has 0 aliphatic rings. The largest absolute Gasteiger partial charge is 0.481 e. The minimum atomic E-state index is -0.828. The molecule has 0 saturated heterocycles. The Labute approximate surface area is 72.8 Å². The second kappa shape index (κ2) is 5.75. The van der Waals surface area contributed by atoms with E-state index in [0.29, 0.717) is 12.8 Å². The van der Waals surface area contributed by atoms with Gasteiger partial charge in [-0.2, -0.15) is 0 Å². The fraction of sp³-hybridized carbons (Fsp3) is 0.778. The molecule has 0 fully saturated rings. The van der Waals surface area contributed by atoms with Gasteiger partial charge in [0.05, 0.1) is 0 Å². The molecule has 0 rings (SSSR count). The molecule has 0 aliphatic carbocycles. The number of hydrogen-bond donors (Lipinski definition) is 1. The lowest BCUT2D eigenvalue weighted by molar-refractivity contribution is -0.137. The van der Waals surface area contributed by atoms with Crippen LogP contribution in [0.1, 0.15) is 39.5 Å². The molecule has 3 nitrogen and oxygen atoms in total. The summed E-state index contributed by atoms with van der Waals surface area (Å²) >= 11 is 0. The summed E-state index contributed by atoms with van der Waals surface area (Å²) in [5.74, 6) is -0.744. The van der Waals surface area contributed by atoms with Crippen molar-refractivity contribution in [3.8, 4) is 0 Å². The van der Waals surface area contributed by atoms with Crippen molar-refractivity contribution in [3.63, 3.8) is 0 Å². The first-order valence-corrected chi connectivity index (χ1v) is 4.32. The van der Waals surface area contributed by atoms with E-state index in [9.17, 15) is 9.59 Å². The summed E-state index contributed by atoms with van der Waals surface area (Å²) in [7, 11) is 0. The second-order valence-electron chi connectivity index (χ2n) is 3.05. The van der Waals surface area contributed by atoms with Crippen LogP contribution in [-0.4, -0.2) is 16.9 Å². The number of carbonyl (C=O) groups excluding carboxylic acids is 1. The summed E-state index contributed by atoms with van der Waals surface area (Å²) < 4.78 is 0. The zero-order valence-corrected chi connectivity index (χ0v) is 7.67. The molecule has 0 spiro atoms. The van der Waals surface area contributed by atoms with E-state index in [2.05, 4.69) is 0 Å². The lowest BCUT2D eigenvalue weighted by Gasteiger charge is -2.06. The third-order valence-electron chi connectivity index (χ3n) is 1.84. The summed E-state index contributed by atoms with van der Waals surface area (Å²) in [4.78, 5) is 21.3. The summed E-state index contributed by atoms with van der Waals surface area (Å²) in [6.07, 6.45) is 1.97. The molecule has 12 heavy (non-hydrogen) atoms. The van der Waals surface area contributed by atoms with Crippen molar-refractivity contribution >= 4 is 11.8 Å². The lowest BCUT2D eigenvalue weighted by atomic mass is 9.98. The lowest BCUT2D eigenvalue weighted by Crippen LogP contribution is -2.11. The van der Waals surface area contributed by atoms with Crippen LogP contribution in [0.4, 0.5) is 0 Å². The average Bonchev–Trinajstić information content (AvgIpc) is 2.00. The highest BCUT2D eigenvalue weighted by molar-refractivity contribution is 5.81. The van der Waals surface area contributed by atoms with Gasteiger partial charge in [0.15, 0.2) is 0 Å². The Morgan fingerprint density at radius 1 is 1.33 bits per heavy atom. The smallest absolute Gasteiger partial charge is 0.303 e. The van der Waals surface area contributed by atoms with Crippen molar-refractivity contribution < 1.29 is 14.7 Å². The Morgan fingerprint density at radius 3 is 2.33 bits per heavy atom. The molecule has 0 bridgehead atoms. The molecule has 3 heteroatoms. The molecule has 0 radical (unpaired) electrons. The summed E-state index contributed by atoms with van der Waals surface area (Å²) in [5, 5.41) is 8.36. The Balaban J connectivity index is 3.63. The van der Waals surface area contributed by atoms with Gasteiger partial charge in [0.1, 0.15) is 5.78 Å². The van der Waals surface area contributed by atoms with E-state index in [-0.39, 0.29) is 18.1 Å². The summed E-state index contributed by atoms with van der Waals surface area (Å²) in [5.41, 5.74) is 0. The summed E-state index contributed by atoms with van der Waals surface area (Å²) in [6.45, 7) is 3.74. The minimum Gasteiger partial charge on any atom is -0.481 e. The second-order valence-corrected chi connectivity index (χ2v) is 3.05. The quantitative estimate of drug-likeness (QED) is 0.665. The molecule has 0 aromatic carbocycles. The molecular formula is C9H16O3. The molecular weight excluding hydrogens is 156 g/mol. The van der Waals surface area contributed by atoms with Gasteiger partial charge < -0.3 is 5.11 Å². The van der Waals surface area contributed by atoms with Crippen LogP contribution in [-0.2, 0) is 9.59 Å². The Kier molecular flexibility index (Phi) is 5.34. The summed E-state index contributed by atoms with van der Waals surface area (Å²) in [6, 6.07) is 0. The number of hydrogen-bond acceptors (Lipinski definition) is 2. The number of ketones is 1. The van der Waals surface area contributed by atoms with Gasteiger partial charge in [-0.25, -0.2) is 0 Å². The predicted molar refractivity (Wildman–Crippen MR) is 45.9 cm³/mol. The van der Waals surface area contributed by atoms with Gasteiger partial charge in [-0.1, -0.05) is 13.8 Å². The molecule has 1 N–H and O–H groups in total. The van der Waals surface area contributed by atoms with Crippen molar-refractivity contribution in [2.75, 3.05) is 0 Å². The Hall–Kier alpha value is -0.860. The van der Waals surface area contributed by atoms with Crippen LogP contribution in [0.5, 0.6) is 0 Å². The SMILES string of the molecule is CCCC(=O)C(C)CCC(=O)O. The fourth-order valence-electron chi connectivity index (χ4n) is 0.994. The number of carbonyl (C=O) groups is 2. The first-order valence-electron chi connectivity index (χ1n) is 4.32. The van der Waals surface area contributed by atoms with E-state index in [0.717, 1.165) is 6.42 Å². The molecule has 0 heterocycles. The minimum absolute atomic E-state index is 0.0939. The van der Waals surface area contributed by atoms with Crippen LogP contribution in [0.3, 0.4) is 0 Å². The highest BCUT2D eigenvalue weighted by Crippen LogP contribution is 2.09. The van der Waals surface area contributed by atoms with E-state index in [1.165, 1.54) is 0 Å². The molecule has 0 aromatic rings. The van der Waals surface area contributed by atoms with Crippen LogP contribution >= 0.6 is 0 Å². The van der Waals surface area contributed by atoms with Gasteiger partial charge in [0, 0.05) is 18.8 Å². The van der Waals surface area contributed by atoms with Crippen LogP contribution in [0.25, 0.3) is 0 Å². The monoisotopic (exact) mass is 172 g/mol. The predicted octanol–water partition coefficient (Wildman–Crippen LogP) is 1.86. The Morgan fingerprint density at radius 2 is 1.92 bits per heavy atom. The maximum Gasteiger partial charge on any atom is 0.303 e. The van der Waals surface area contributed by atoms with Crippen molar-refractivity contribution in [1.29, 1.82) is 0 Å². The van der Waals surface area contributed by atoms with Crippen LogP contribution < -0.4 is 0 Å². The number of aliphatic carboxylic acids is 1. The molecule has 0 aliphatic heterocycles. The number of carboxylic acids is 1. The number of Topliss-reactive ketones (excluding diaryl/α,β-unsaturated/α-hetero) is 1. The van der Waals surface area contributed by atoms with Gasteiger partial charge >= 0.3 is 5.97 Å². The Bertz CT molecular complexity index is 163. The van der Waals surface area contributed by atoms with E-state index < -0.39 is 5.97 Å². The van der Waals surface area contributed by atoms with Gasteiger partial charge in [0.25, 0.3) is 0 Å². The van der Waals surface area contributed by atoms with Crippen molar-refractivity contribution in [1.82, 2.24) is 0 Å². The first-order chi connectivity index (χ1) is 5.57. The van der Waals surface area contributed by atoms with Gasteiger partial charge in [-0.15, -0.1) is 0 Å². The first kappa shape index (κ1) is 11.1. The number of rotatable bonds is 6. The molecule has 0 saturated carbocycles. The highest BCUT2D eigenvalue weighted by Gasteiger charge is 2.12. The highest BCUT2D eigenvalue weighted by atomic mass is 16.4. The standard InChI is InChI=1S/C9H16O3/c1-3-4-8(10)7(2)5-6-9(11)12/h7H,3-6H2,1-2H3,(H,11,12).